The number of carbonyl (C=O) groups excluding carboxylic acids is 1. The van der Waals surface area contributed by atoms with E-state index in [2.05, 4.69) is 29.5 Å². The average Bonchev–Trinajstić information content (AvgIpc) is 3.21. The van der Waals surface area contributed by atoms with E-state index in [4.69, 9.17) is 10.2 Å². The number of furan rings is 1. The van der Waals surface area contributed by atoms with Crippen LogP contribution in [0.1, 0.15) is 32.8 Å². The maximum Gasteiger partial charge on any atom is 0.251 e. The van der Waals surface area contributed by atoms with E-state index >= 15 is 0 Å². The molecule has 0 aliphatic heterocycles. The van der Waals surface area contributed by atoms with E-state index in [0.29, 0.717) is 30.4 Å². The Kier molecular flexibility index (Phi) is 6.11. The van der Waals surface area contributed by atoms with Crippen LogP contribution in [0.15, 0.2) is 70.3 Å². The minimum absolute atomic E-state index is 0.163. The van der Waals surface area contributed by atoms with Crippen molar-refractivity contribution in [2.75, 3.05) is 5.32 Å². The highest BCUT2D eigenvalue weighted by atomic mass is 16.3. The molecule has 0 saturated carbocycles. The lowest BCUT2D eigenvalue weighted by molar-refractivity contribution is 0.0948. The Morgan fingerprint density at radius 3 is 2.68 bits per heavy atom. The molecule has 3 aromatic rings. The lowest BCUT2D eigenvalue weighted by Gasteiger charge is -2.08. The van der Waals surface area contributed by atoms with Gasteiger partial charge in [-0.15, -0.1) is 0 Å². The molecular formula is C22H24N4O2. The summed E-state index contributed by atoms with van der Waals surface area (Å²) in [7, 11) is 0. The first-order valence-corrected chi connectivity index (χ1v) is 9.05. The number of aryl methyl sites for hydroxylation is 2. The second-order valence-corrected chi connectivity index (χ2v) is 6.59. The second-order valence-electron chi connectivity index (χ2n) is 6.59. The summed E-state index contributed by atoms with van der Waals surface area (Å²) in [6.07, 6.45) is 1.58. The van der Waals surface area contributed by atoms with E-state index in [1.165, 1.54) is 11.1 Å². The molecule has 0 aliphatic carbocycles. The summed E-state index contributed by atoms with van der Waals surface area (Å²) < 4.78 is 5.22. The van der Waals surface area contributed by atoms with Gasteiger partial charge in [-0.2, -0.15) is 0 Å². The van der Waals surface area contributed by atoms with Crippen LogP contribution in [-0.4, -0.2) is 11.9 Å². The monoisotopic (exact) mass is 376 g/mol. The van der Waals surface area contributed by atoms with Gasteiger partial charge in [0, 0.05) is 11.3 Å². The van der Waals surface area contributed by atoms with E-state index in [-0.39, 0.29) is 5.91 Å². The number of guanidine groups is 1. The van der Waals surface area contributed by atoms with Gasteiger partial charge in [0.1, 0.15) is 5.76 Å². The van der Waals surface area contributed by atoms with E-state index in [1.54, 1.807) is 18.4 Å². The Morgan fingerprint density at radius 2 is 1.93 bits per heavy atom. The number of hydrogen-bond donors (Lipinski definition) is 3. The number of nitrogens with zero attached hydrogens (tertiary/aromatic N) is 1. The minimum Gasteiger partial charge on any atom is -0.467 e. The van der Waals surface area contributed by atoms with E-state index < -0.39 is 0 Å². The summed E-state index contributed by atoms with van der Waals surface area (Å²) in [6.45, 7) is 4.84. The molecule has 0 radical (unpaired) electrons. The van der Waals surface area contributed by atoms with Crippen LogP contribution in [0, 0.1) is 13.8 Å². The predicted molar refractivity (Wildman–Crippen MR) is 111 cm³/mol. The Morgan fingerprint density at radius 1 is 1.07 bits per heavy atom. The normalized spacial score (nSPS) is 11.3. The van der Waals surface area contributed by atoms with Crippen molar-refractivity contribution >= 4 is 17.6 Å². The summed E-state index contributed by atoms with van der Waals surface area (Å²) in [5.74, 6) is 0.874. The van der Waals surface area contributed by atoms with E-state index in [0.717, 1.165) is 11.3 Å². The highest BCUT2D eigenvalue weighted by molar-refractivity contribution is 5.94. The van der Waals surface area contributed by atoms with E-state index in [9.17, 15) is 4.79 Å². The predicted octanol–water partition coefficient (Wildman–Crippen LogP) is 3.75. The molecule has 0 spiro atoms. The molecular weight excluding hydrogens is 352 g/mol. The zero-order valence-corrected chi connectivity index (χ0v) is 16.0. The molecule has 0 unspecified atom stereocenters. The fraction of sp³-hybridized carbons (Fsp3) is 0.182. The van der Waals surface area contributed by atoms with Gasteiger partial charge < -0.3 is 20.8 Å². The van der Waals surface area contributed by atoms with Gasteiger partial charge in [0.05, 0.1) is 19.4 Å². The first-order valence-electron chi connectivity index (χ1n) is 9.05. The molecule has 28 heavy (non-hydrogen) atoms. The maximum atomic E-state index is 12.3. The molecule has 6 heteroatoms. The van der Waals surface area contributed by atoms with Crippen LogP contribution in [0.25, 0.3) is 0 Å². The molecule has 1 amide bonds. The molecule has 4 N–H and O–H groups in total. The van der Waals surface area contributed by atoms with Gasteiger partial charge >= 0.3 is 0 Å². The number of rotatable bonds is 6. The molecule has 2 aromatic carbocycles. The number of anilines is 1. The minimum atomic E-state index is -0.163. The Balaban J connectivity index is 1.59. The lowest BCUT2D eigenvalue weighted by Crippen LogP contribution is -2.23. The number of nitrogens with two attached hydrogens (primary N) is 1. The van der Waals surface area contributed by atoms with Gasteiger partial charge in [-0.25, -0.2) is 4.99 Å². The van der Waals surface area contributed by atoms with Crippen LogP contribution >= 0.6 is 0 Å². The number of benzene rings is 2. The molecule has 0 bridgehead atoms. The summed E-state index contributed by atoms with van der Waals surface area (Å²) in [5.41, 5.74) is 10.8. The van der Waals surface area contributed by atoms with Crippen molar-refractivity contribution in [1.82, 2.24) is 5.32 Å². The van der Waals surface area contributed by atoms with E-state index in [1.807, 2.05) is 42.5 Å². The van der Waals surface area contributed by atoms with Crippen LogP contribution < -0.4 is 16.4 Å². The topological polar surface area (TPSA) is 92.6 Å². The van der Waals surface area contributed by atoms with Gasteiger partial charge in [-0.1, -0.05) is 18.2 Å². The molecule has 0 saturated heterocycles. The Labute approximate surface area is 164 Å². The van der Waals surface area contributed by atoms with Crippen molar-refractivity contribution in [3.05, 3.63) is 88.9 Å². The van der Waals surface area contributed by atoms with Crippen LogP contribution in [0.5, 0.6) is 0 Å². The molecule has 6 nitrogen and oxygen atoms in total. The molecule has 0 atom stereocenters. The highest BCUT2D eigenvalue weighted by Crippen LogP contribution is 2.14. The number of aliphatic imine (C=N–C) groups is 1. The third-order valence-corrected chi connectivity index (χ3v) is 4.40. The van der Waals surface area contributed by atoms with Gasteiger partial charge in [0.2, 0.25) is 0 Å². The Hall–Kier alpha value is -3.54. The first-order chi connectivity index (χ1) is 13.5. The molecule has 144 valence electrons. The van der Waals surface area contributed by atoms with Crippen LogP contribution in [0.3, 0.4) is 0 Å². The van der Waals surface area contributed by atoms with Crippen LogP contribution in [-0.2, 0) is 13.1 Å². The smallest absolute Gasteiger partial charge is 0.251 e. The quantitative estimate of drug-likeness (QED) is 0.451. The van der Waals surface area contributed by atoms with Crippen molar-refractivity contribution in [3.63, 3.8) is 0 Å². The van der Waals surface area contributed by atoms with Gasteiger partial charge in [-0.3, -0.25) is 4.79 Å². The zero-order valence-electron chi connectivity index (χ0n) is 16.0. The molecule has 1 aromatic heterocycles. The van der Waals surface area contributed by atoms with Gasteiger partial charge in [0.25, 0.3) is 5.91 Å². The van der Waals surface area contributed by atoms with Crippen molar-refractivity contribution in [1.29, 1.82) is 0 Å². The van der Waals surface area contributed by atoms with Gasteiger partial charge in [-0.05, 0) is 66.9 Å². The van der Waals surface area contributed by atoms with Crippen LogP contribution in [0.2, 0.25) is 0 Å². The molecule has 0 aliphatic rings. The number of hydrogen-bond acceptors (Lipinski definition) is 3. The standard InChI is InChI=1S/C22H24N4O2/c1-15-8-9-19(11-16(15)2)26-22(23)25-13-17-5-3-6-18(12-17)21(27)24-14-20-7-4-10-28-20/h3-12H,13-14H2,1-2H3,(H,24,27)(H3,23,25,26). The average molecular weight is 376 g/mol. The van der Waals surface area contributed by atoms with Crippen molar-refractivity contribution < 1.29 is 9.21 Å². The Bertz CT molecular complexity index is 978. The lowest BCUT2D eigenvalue weighted by atomic mass is 10.1. The van der Waals surface area contributed by atoms with Gasteiger partial charge in [0.15, 0.2) is 5.96 Å². The molecule has 0 fully saturated rings. The summed E-state index contributed by atoms with van der Waals surface area (Å²) in [5, 5.41) is 5.92. The maximum absolute atomic E-state index is 12.3. The third-order valence-electron chi connectivity index (χ3n) is 4.40. The summed E-state index contributed by atoms with van der Waals surface area (Å²) in [6, 6.07) is 17.0. The number of carbonyl (C=O) groups is 1. The second kappa shape index (κ2) is 8.90. The third kappa shape index (κ3) is 5.23. The summed E-state index contributed by atoms with van der Waals surface area (Å²) >= 11 is 0. The molecule has 1 heterocycles. The number of nitrogens with one attached hydrogen (secondary N) is 2. The first kappa shape index (κ1) is 19.2. The van der Waals surface area contributed by atoms with Crippen molar-refractivity contribution in [2.45, 2.75) is 26.9 Å². The van der Waals surface area contributed by atoms with Crippen LogP contribution in [0.4, 0.5) is 5.69 Å². The number of amides is 1. The largest absolute Gasteiger partial charge is 0.467 e. The fourth-order valence-electron chi connectivity index (χ4n) is 2.68. The highest BCUT2D eigenvalue weighted by Gasteiger charge is 2.07. The fourth-order valence-corrected chi connectivity index (χ4v) is 2.68. The zero-order chi connectivity index (χ0) is 19.9. The SMILES string of the molecule is Cc1ccc(NC(N)=NCc2cccc(C(=O)NCc3ccco3)c2)cc1C. The molecule has 3 rings (SSSR count). The van der Waals surface area contributed by atoms with Crippen molar-refractivity contribution in [3.8, 4) is 0 Å². The van der Waals surface area contributed by atoms with Crippen molar-refractivity contribution in [2.24, 2.45) is 10.7 Å². The summed E-state index contributed by atoms with van der Waals surface area (Å²) in [4.78, 5) is 16.7.